The SMILES string of the molecule is CC1CC(c2cccc(N3Cc4c(cc(C(C)NCC5CCCN5C(=O)/C=C/CN(C)C)cc4C(F)(F)F)C3=O)c2)C1.c1nc[nH]n1. The molecule has 12 heteroatoms. The van der Waals surface area contributed by atoms with Crippen molar-refractivity contribution in [2.75, 3.05) is 38.6 Å². The second-order valence-corrected chi connectivity index (χ2v) is 13.1. The van der Waals surface area contributed by atoms with Crippen LogP contribution in [-0.2, 0) is 17.5 Å². The van der Waals surface area contributed by atoms with Gasteiger partial charge in [0, 0.05) is 49.0 Å². The number of aromatic nitrogens is 3. The van der Waals surface area contributed by atoms with E-state index in [1.165, 1.54) is 23.6 Å². The number of nitrogens with zero attached hydrogens (tertiary/aromatic N) is 5. The Hall–Kier alpha value is -4.03. The summed E-state index contributed by atoms with van der Waals surface area (Å²) < 4.78 is 43.0. The highest BCUT2D eigenvalue weighted by atomic mass is 19.4. The number of nitrogens with one attached hydrogen (secondary N) is 2. The third-order valence-corrected chi connectivity index (χ3v) is 9.28. The fraction of sp³-hybridized carbons (Fsp3) is 0.486. The van der Waals surface area contributed by atoms with Crippen molar-refractivity contribution in [3.63, 3.8) is 0 Å². The Balaban J connectivity index is 0.000000792. The quantitative estimate of drug-likeness (QED) is 0.278. The summed E-state index contributed by atoms with van der Waals surface area (Å²) in [7, 11) is 3.86. The van der Waals surface area contributed by atoms with Crippen LogP contribution in [0.15, 0.2) is 61.2 Å². The minimum Gasteiger partial charge on any atom is -0.335 e. The summed E-state index contributed by atoms with van der Waals surface area (Å²) >= 11 is 0. The van der Waals surface area contributed by atoms with Gasteiger partial charge in [0.15, 0.2) is 0 Å². The van der Waals surface area contributed by atoms with Gasteiger partial charge in [0.2, 0.25) is 5.91 Å². The molecule has 0 spiro atoms. The lowest BCUT2D eigenvalue weighted by Crippen LogP contribution is -2.41. The predicted molar refractivity (Wildman–Crippen MR) is 175 cm³/mol. The van der Waals surface area contributed by atoms with E-state index in [1.807, 2.05) is 48.2 Å². The molecule has 0 radical (unpaired) electrons. The number of fused-ring (bicyclic) bond motifs is 1. The molecule has 1 aromatic heterocycles. The summed E-state index contributed by atoms with van der Waals surface area (Å²) in [6.07, 6.45) is 5.69. The molecular weight excluding hydrogens is 607 g/mol. The van der Waals surface area contributed by atoms with Crippen molar-refractivity contribution >= 4 is 17.5 Å². The number of benzene rings is 2. The van der Waals surface area contributed by atoms with Gasteiger partial charge in [-0.2, -0.15) is 18.3 Å². The van der Waals surface area contributed by atoms with Crippen LogP contribution < -0.4 is 10.2 Å². The van der Waals surface area contributed by atoms with Crippen molar-refractivity contribution in [2.24, 2.45) is 5.92 Å². The number of carbonyl (C=O) groups excluding carboxylic acids is 2. The largest absolute Gasteiger partial charge is 0.416 e. The number of alkyl halides is 3. The molecule has 47 heavy (non-hydrogen) atoms. The molecule has 2 unspecified atom stereocenters. The fourth-order valence-electron chi connectivity index (χ4n) is 6.66. The topological polar surface area (TPSA) is 97.5 Å². The van der Waals surface area contributed by atoms with Gasteiger partial charge < -0.3 is 20.0 Å². The van der Waals surface area contributed by atoms with Crippen molar-refractivity contribution in [3.8, 4) is 0 Å². The maximum Gasteiger partial charge on any atom is 0.416 e. The van der Waals surface area contributed by atoms with Crippen LogP contribution in [-0.4, -0.2) is 76.6 Å². The van der Waals surface area contributed by atoms with E-state index in [4.69, 9.17) is 0 Å². The summed E-state index contributed by atoms with van der Waals surface area (Å²) in [5.74, 6) is 0.652. The first-order valence-electron chi connectivity index (χ1n) is 16.2. The number of aromatic amines is 1. The predicted octanol–water partition coefficient (Wildman–Crippen LogP) is 5.94. The van der Waals surface area contributed by atoms with Gasteiger partial charge in [-0.15, -0.1) is 0 Å². The summed E-state index contributed by atoms with van der Waals surface area (Å²) in [4.78, 5) is 35.1. The molecule has 3 heterocycles. The van der Waals surface area contributed by atoms with Gasteiger partial charge >= 0.3 is 6.18 Å². The molecule has 2 fully saturated rings. The number of hydrogen-bond acceptors (Lipinski definition) is 6. The molecule has 3 aromatic rings. The molecule has 1 aliphatic carbocycles. The first-order valence-corrected chi connectivity index (χ1v) is 16.2. The van der Waals surface area contributed by atoms with Crippen LogP contribution in [0.25, 0.3) is 0 Å². The maximum atomic E-state index is 14.3. The Morgan fingerprint density at radius 3 is 2.64 bits per heavy atom. The second kappa shape index (κ2) is 14.8. The van der Waals surface area contributed by atoms with Crippen LogP contribution in [0.1, 0.15) is 84.1 Å². The Kier molecular flexibility index (Phi) is 10.8. The monoisotopic (exact) mass is 651 g/mol. The highest BCUT2D eigenvalue weighted by Crippen LogP contribution is 2.44. The lowest BCUT2D eigenvalue weighted by Gasteiger charge is -2.33. The molecule has 2 atom stereocenters. The van der Waals surface area contributed by atoms with Crippen LogP contribution in [0.3, 0.4) is 0 Å². The summed E-state index contributed by atoms with van der Waals surface area (Å²) in [6.45, 7) is 5.70. The van der Waals surface area contributed by atoms with Crippen molar-refractivity contribution in [1.82, 2.24) is 30.3 Å². The van der Waals surface area contributed by atoms with Gasteiger partial charge in [-0.1, -0.05) is 25.1 Å². The number of amides is 2. The normalized spacial score (nSPS) is 21.5. The minimum atomic E-state index is -4.59. The first kappa shape index (κ1) is 34.3. The van der Waals surface area contributed by atoms with Crippen molar-refractivity contribution in [3.05, 3.63) is 89.0 Å². The Morgan fingerprint density at radius 2 is 2.00 bits per heavy atom. The van der Waals surface area contributed by atoms with Crippen molar-refractivity contribution in [2.45, 2.75) is 70.3 Å². The van der Waals surface area contributed by atoms with E-state index in [1.54, 1.807) is 25.1 Å². The number of carbonyl (C=O) groups is 2. The first-order chi connectivity index (χ1) is 22.4. The molecule has 2 N–H and O–H groups in total. The van der Waals surface area contributed by atoms with E-state index < -0.39 is 23.7 Å². The van der Waals surface area contributed by atoms with Crippen LogP contribution >= 0.6 is 0 Å². The van der Waals surface area contributed by atoms with Crippen molar-refractivity contribution < 1.29 is 22.8 Å². The van der Waals surface area contributed by atoms with Gasteiger partial charge in [0.1, 0.15) is 12.7 Å². The molecule has 6 rings (SSSR count). The Labute approximate surface area is 274 Å². The van der Waals surface area contributed by atoms with E-state index in [0.29, 0.717) is 42.7 Å². The average Bonchev–Trinajstić information content (AvgIpc) is 3.80. The zero-order valence-corrected chi connectivity index (χ0v) is 27.4. The van der Waals surface area contributed by atoms with Crippen LogP contribution in [0.4, 0.5) is 18.9 Å². The molecule has 3 aliphatic rings. The van der Waals surface area contributed by atoms with E-state index in [-0.39, 0.29) is 29.6 Å². The minimum absolute atomic E-state index is 0.0307. The van der Waals surface area contributed by atoms with Gasteiger partial charge in [0.05, 0.1) is 12.1 Å². The molecule has 2 aromatic carbocycles. The molecule has 252 valence electrons. The summed E-state index contributed by atoms with van der Waals surface area (Å²) in [5, 5.41) is 9.33. The Morgan fingerprint density at radius 1 is 1.21 bits per heavy atom. The number of rotatable bonds is 9. The molecular formula is C35H44F3N7O2. The van der Waals surface area contributed by atoms with Crippen LogP contribution in [0, 0.1) is 5.92 Å². The molecule has 2 amide bonds. The standard InChI is InChI=1S/C33H41F3N4O2.C2H3N3/c1-21-14-25(15-21)23-8-5-9-26(16-23)40-20-29-28(32(40)42)17-24(18-30(29)33(34,35)36)22(2)37-19-27-10-6-13-39(27)31(41)11-7-12-38(3)4;1-3-2-5-4-1/h5,7-9,11,16-18,21-22,25,27,37H,6,10,12-15,19-20H2,1-4H3;1-2H,(H,3,4,5)/b11-7+;. The van der Waals surface area contributed by atoms with Crippen LogP contribution in [0.5, 0.6) is 0 Å². The zero-order valence-electron chi connectivity index (χ0n) is 27.4. The Bertz CT molecular complexity index is 1530. The lowest BCUT2D eigenvalue weighted by atomic mass is 9.72. The summed E-state index contributed by atoms with van der Waals surface area (Å²) in [5.41, 5.74) is 1.57. The number of hydrogen-bond donors (Lipinski definition) is 2. The van der Waals surface area contributed by atoms with E-state index in [2.05, 4.69) is 27.4 Å². The molecule has 1 saturated heterocycles. The number of anilines is 1. The van der Waals surface area contributed by atoms with E-state index in [9.17, 15) is 22.8 Å². The number of likely N-dealkylation sites (N-methyl/N-ethyl adjacent to an activating group) is 1. The maximum absolute atomic E-state index is 14.3. The fourth-order valence-corrected chi connectivity index (χ4v) is 6.66. The lowest BCUT2D eigenvalue weighted by molar-refractivity contribution is -0.138. The number of H-pyrrole nitrogens is 1. The van der Waals surface area contributed by atoms with Gasteiger partial charge in [-0.05, 0) is 99.5 Å². The van der Waals surface area contributed by atoms with Gasteiger partial charge in [-0.3, -0.25) is 14.7 Å². The van der Waals surface area contributed by atoms with Crippen LogP contribution in [0.2, 0.25) is 0 Å². The second-order valence-electron chi connectivity index (χ2n) is 13.1. The molecule has 9 nitrogen and oxygen atoms in total. The molecule has 2 aliphatic heterocycles. The highest BCUT2D eigenvalue weighted by Gasteiger charge is 2.41. The van der Waals surface area contributed by atoms with Crippen molar-refractivity contribution in [1.29, 1.82) is 0 Å². The van der Waals surface area contributed by atoms with Gasteiger partial charge in [-0.25, -0.2) is 4.98 Å². The smallest absolute Gasteiger partial charge is 0.335 e. The van der Waals surface area contributed by atoms with E-state index >= 15 is 0 Å². The third kappa shape index (κ3) is 8.28. The third-order valence-electron chi connectivity index (χ3n) is 9.28. The molecule has 1 saturated carbocycles. The average molecular weight is 652 g/mol. The number of likely N-dealkylation sites (tertiary alicyclic amines) is 1. The highest BCUT2D eigenvalue weighted by molar-refractivity contribution is 6.10. The summed E-state index contributed by atoms with van der Waals surface area (Å²) in [6, 6.07) is 10.0. The van der Waals surface area contributed by atoms with E-state index in [0.717, 1.165) is 31.2 Å². The van der Waals surface area contributed by atoms with Gasteiger partial charge in [0.25, 0.3) is 5.91 Å². The zero-order chi connectivity index (χ0) is 33.7. The number of halogens is 3. The molecule has 0 bridgehead atoms.